The molecule has 0 rings (SSSR count). The number of rotatable bonds is 7. The highest BCUT2D eigenvalue weighted by molar-refractivity contribution is 8.00. The lowest BCUT2D eigenvalue weighted by Gasteiger charge is -2.22. The van der Waals surface area contributed by atoms with E-state index in [1.165, 1.54) is 0 Å². The number of nitrogens with one attached hydrogen (secondary N) is 1. The van der Waals surface area contributed by atoms with Gasteiger partial charge in [-0.1, -0.05) is 19.0 Å². The predicted molar refractivity (Wildman–Crippen MR) is 63.2 cm³/mol. The molecule has 0 heterocycles. The van der Waals surface area contributed by atoms with E-state index in [4.69, 9.17) is 10.9 Å². The van der Waals surface area contributed by atoms with E-state index in [1.807, 2.05) is 0 Å². The van der Waals surface area contributed by atoms with Crippen LogP contribution in [0.5, 0.6) is 0 Å². The van der Waals surface area contributed by atoms with Crippen LogP contribution in [0.3, 0.4) is 0 Å². The molecular weight excluding hydrogens is 255 g/mol. The van der Waals surface area contributed by atoms with Crippen LogP contribution < -0.4 is 11.1 Å². The maximum Gasteiger partial charge on any atom is 0.441 e. The quantitative estimate of drug-likeness (QED) is 0.218. The van der Waals surface area contributed by atoms with Crippen molar-refractivity contribution in [2.75, 3.05) is 18.8 Å². The van der Waals surface area contributed by atoms with Crippen LogP contribution in [0.1, 0.15) is 20.3 Å². The Kier molecular flexibility index (Phi) is 6.69. The van der Waals surface area contributed by atoms with Crippen molar-refractivity contribution >= 4 is 17.6 Å². The number of oxime groups is 1. The number of alkyl halides is 3. The van der Waals surface area contributed by atoms with Gasteiger partial charge in [0.15, 0.2) is 0 Å². The normalized spacial score (nSPS) is 14.1. The van der Waals surface area contributed by atoms with E-state index in [1.54, 1.807) is 13.8 Å². The Bertz CT molecular complexity index is 256. The summed E-state index contributed by atoms with van der Waals surface area (Å²) in [6.07, 6.45) is 0.583. The van der Waals surface area contributed by atoms with Crippen molar-refractivity contribution in [3.8, 4) is 0 Å². The summed E-state index contributed by atoms with van der Waals surface area (Å²) in [5.41, 5.74) is 0.823. The monoisotopic (exact) mass is 273 g/mol. The summed E-state index contributed by atoms with van der Waals surface area (Å²) in [6, 6.07) is 0. The molecule has 17 heavy (non-hydrogen) atoms. The molecule has 0 unspecified atom stereocenters. The Morgan fingerprint density at radius 2 is 1.94 bits per heavy atom. The zero-order valence-electron chi connectivity index (χ0n) is 9.84. The van der Waals surface area contributed by atoms with Crippen molar-refractivity contribution in [1.82, 2.24) is 5.32 Å². The number of halogens is 3. The van der Waals surface area contributed by atoms with Gasteiger partial charge in [-0.25, -0.2) is 0 Å². The fraction of sp³-hybridized carbons (Fsp3) is 0.889. The Hall–Kier alpha value is -0.630. The third-order valence-electron chi connectivity index (χ3n) is 2.27. The second kappa shape index (κ2) is 6.95. The van der Waals surface area contributed by atoms with E-state index in [9.17, 15) is 13.2 Å². The van der Waals surface area contributed by atoms with E-state index >= 15 is 0 Å². The highest BCUT2D eigenvalue weighted by atomic mass is 32.2. The molecule has 0 saturated heterocycles. The van der Waals surface area contributed by atoms with E-state index in [-0.39, 0.29) is 29.9 Å². The predicted octanol–water partition coefficient (Wildman–Crippen LogP) is 1.99. The Morgan fingerprint density at radius 1 is 1.35 bits per heavy atom. The zero-order chi connectivity index (χ0) is 13.5. The summed E-state index contributed by atoms with van der Waals surface area (Å²) in [5, 5.41) is 14.3. The van der Waals surface area contributed by atoms with Crippen LogP contribution in [0.15, 0.2) is 5.16 Å². The summed E-state index contributed by atoms with van der Waals surface area (Å²) >= 11 is -0.0486. The van der Waals surface area contributed by atoms with Crippen LogP contribution in [0.4, 0.5) is 13.2 Å². The lowest BCUT2D eigenvalue weighted by Crippen LogP contribution is -2.35. The SMILES string of the molecule is CC(C)(CCNCCSC(F)(F)F)C(N)=NO. The molecule has 0 fully saturated rings. The van der Waals surface area contributed by atoms with E-state index in [0.717, 1.165) is 0 Å². The molecule has 0 aliphatic rings. The molecule has 0 saturated carbocycles. The van der Waals surface area contributed by atoms with Crippen molar-refractivity contribution in [3.63, 3.8) is 0 Å². The molecule has 0 bridgehead atoms. The van der Waals surface area contributed by atoms with Gasteiger partial charge >= 0.3 is 5.51 Å². The first kappa shape index (κ1) is 16.4. The minimum atomic E-state index is -4.17. The van der Waals surface area contributed by atoms with Crippen LogP contribution in [0, 0.1) is 5.41 Å². The van der Waals surface area contributed by atoms with Gasteiger partial charge in [0.05, 0.1) is 0 Å². The van der Waals surface area contributed by atoms with Gasteiger partial charge in [-0.05, 0) is 24.7 Å². The van der Waals surface area contributed by atoms with Crippen molar-refractivity contribution in [2.24, 2.45) is 16.3 Å². The number of amidine groups is 1. The van der Waals surface area contributed by atoms with Crippen LogP contribution in [0.25, 0.3) is 0 Å². The van der Waals surface area contributed by atoms with Gasteiger partial charge < -0.3 is 16.3 Å². The molecule has 4 N–H and O–H groups in total. The Balaban J connectivity index is 3.65. The molecule has 0 aromatic carbocycles. The number of hydrogen-bond acceptors (Lipinski definition) is 4. The van der Waals surface area contributed by atoms with Crippen molar-refractivity contribution in [3.05, 3.63) is 0 Å². The standard InChI is InChI=1S/C9H18F3N3OS/c1-8(2,7(13)15-16)3-4-14-5-6-17-9(10,11)12/h14,16H,3-6H2,1-2H3,(H2,13,15). The van der Waals surface area contributed by atoms with Crippen molar-refractivity contribution in [2.45, 2.75) is 25.8 Å². The topological polar surface area (TPSA) is 70.6 Å². The van der Waals surface area contributed by atoms with Crippen LogP contribution in [-0.4, -0.2) is 35.4 Å². The Labute approximate surface area is 103 Å². The number of nitrogens with two attached hydrogens (primary N) is 1. The first-order chi connectivity index (χ1) is 7.69. The molecule has 0 spiro atoms. The molecule has 8 heteroatoms. The van der Waals surface area contributed by atoms with Gasteiger partial charge in [0.1, 0.15) is 5.84 Å². The number of thioether (sulfide) groups is 1. The maximum absolute atomic E-state index is 11.8. The van der Waals surface area contributed by atoms with Crippen LogP contribution in [-0.2, 0) is 0 Å². The van der Waals surface area contributed by atoms with E-state index in [0.29, 0.717) is 13.0 Å². The van der Waals surface area contributed by atoms with E-state index in [2.05, 4.69) is 10.5 Å². The third kappa shape index (κ3) is 8.14. The molecule has 0 radical (unpaired) electrons. The zero-order valence-corrected chi connectivity index (χ0v) is 10.7. The van der Waals surface area contributed by atoms with Gasteiger partial charge in [-0.2, -0.15) is 13.2 Å². The van der Waals surface area contributed by atoms with Crippen molar-refractivity contribution < 1.29 is 18.4 Å². The third-order valence-corrected chi connectivity index (χ3v) is 3.01. The maximum atomic E-state index is 11.8. The van der Waals surface area contributed by atoms with Crippen molar-refractivity contribution in [1.29, 1.82) is 0 Å². The summed E-state index contributed by atoms with van der Waals surface area (Å²) in [6.45, 7) is 4.39. The van der Waals surface area contributed by atoms with Gasteiger partial charge in [0.2, 0.25) is 0 Å². The number of nitrogens with zero attached hydrogens (tertiary/aromatic N) is 1. The summed E-state index contributed by atoms with van der Waals surface area (Å²) in [5.74, 6) is 0.0944. The van der Waals surface area contributed by atoms with Crippen LogP contribution in [0.2, 0.25) is 0 Å². The molecule has 0 aromatic rings. The highest BCUT2D eigenvalue weighted by Crippen LogP contribution is 2.29. The smallest absolute Gasteiger partial charge is 0.409 e. The van der Waals surface area contributed by atoms with E-state index < -0.39 is 10.9 Å². The molecule has 4 nitrogen and oxygen atoms in total. The average Bonchev–Trinajstić information content (AvgIpc) is 2.20. The first-order valence-electron chi connectivity index (χ1n) is 5.08. The van der Waals surface area contributed by atoms with Gasteiger partial charge in [-0.3, -0.25) is 0 Å². The molecule has 0 amide bonds. The molecular formula is C9H18F3N3OS. The fourth-order valence-corrected chi connectivity index (χ4v) is 1.51. The fourth-order valence-electron chi connectivity index (χ4n) is 1.03. The minimum Gasteiger partial charge on any atom is -0.409 e. The summed E-state index contributed by atoms with van der Waals surface area (Å²) in [7, 11) is 0. The molecule has 0 atom stereocenters. The van der Waals surface area contributed by atoms with Crippen LogP contribution >= 0.6 is 11.8 Å². The largest absolute Gasteiger partial charge is 0.441 e. The second-order valence-electron chi connectivity index (χ2n) is 4.16. The lowest BCUT2D eigenvalue weighted by molar-refractivity contribution is -0.0327. The molecule has 0 aromatic heterocycles. The summed E-state index contributed by atoms with van der Waals surface area (Å²) in [4.78, 5) is 0. The highest BCUT2D eigenvalue weighted by Gasteiger charge is 2.27. The molecule has 0 aliphatic heterocycles. The van der Waals surface area contributed by atoms with Gasteiger partial charge in [0, 0.05) is 17.7 Å². The van der Waals surface area contributed by atoms with Gasteiger partial charge in [-0.15, -0.1) is 0 Å². The average molecular weight is 273 g/mol. The molecule has 102 valence electrons. The lowest BCUT2D eigenvalue weighted by atomic mass is 9.88. The number of hydrogen-bond donors (Lipinski definition) is 3. The van der Waals surface area contributed by atoms with Gasteiger partial charge in [0.25, 0.3) is 0 Å². The first-order valence-corrected chi connectivity index (χ1v) is 6.07. The summed E-state index contributed by atoms with van der Waals surface area (Å²) < 4.78 is 35.3. The minimum absolute atomic E-state index is 0.0203. The Morgan fingerprint density at radius 3 is 2.41 bits per heavy atom. The molecule has 0 aliphatic carbocycles. The second-order valence-corrected chi connectivity index (χ2v) is 5.32.